The van der Waals surface area contributed by atoms with Gasteiger partial charge in [0.25, 0.3) is 0 Å². The van der Waals surface area contributed by atoms with Crippen molar-refractivity contribution in [3.63, 3.8) is 0 Å². The summed E-state index contributed by atoms with van der Waals surface area (Å²) in [6, 6.07) is 9.17. The third kappa shape index (κ3) is 3.22. The van der Waals surface area contributed by atoms with Crippen molar-refractivity contribution in [3.8, 4) is 0 Å². The van der Waals surface area contributed by atoms with E-state index in [0.29, 0.717) is 0 Å². The molecule has 0 unspecified atom stereocenters. The van der Waals surface area contributed by atoms with E-state index in [2.05, 4.69) is 5.32 Å². The minimum absolute atomic E-state index is 0. The van der Waals surface area contributed by atoms with Crippen LogP contribution in [0.3, 0.4) is 0 Å². The number of para-hydroxylation sites is 1. The Morgan fingerprint density at radius 3 is 2.31 bits per heavy atom. The molecular formula is C9H11AuN2O. The second-order valence-corrected chi connectivity index (χ2v) is 2.40. The van der Waals surface area contributed by atoms with Gasteiger partial charge < -0.3 is 10.2 Å². The van der Waals surface area contributed by atoms with Gasteiger partial charge in [0.1, 0.15) is 0 Å². The van der Waals surface area contributed by atoms with Crippen molar-refractivity contribution in [2.45, 2.75) is 0 Å². The van der Waals surface area contributed by atoms with Crippen LogP contribution < -0.4 is 4.90 Å². The Bertz CT molecular complexity index is 264. The van der Waals surface area contributed by atoms with Gasteiger partial charge in [0.05, 0.1) is 0 Å². The minimum atomic E-state index is -0.235. The molecule has 0 aromatic heterocycles. The van der Waals surface area contributed by atoms with Crippen LogP contribution in [0.1, 0.15) is 0 Å². The zero-order valence-corrected chi connectivity index (χ0v) is 9.66. The third-order valence-electron chi connectivity index (χ3n) is 1.62. The van der Waals surface area contributed by atoms with Crippen LogP contribution in [0, 0.1) is 0 Å². The van der Waals surface area contributed by atoms with Crippen LogP contribution in [-0.2, 0) is 22.4 Å². The molecule has 13 heavy (non-hydrogen) atoms. The average molecular weight is 360 g/mol. The smallest absolute Gasteiger partial charge is 0.434 e. The van der Waals surface area contributed by atoms with Crippen LogP contribution in [0.2, 0.25) is 0 Å². The van der Waals surface area contributed by atoms with Crippen molar-refractivity contribution in [1.82, 2.24) is 0 Å². The number of anilines is 1. The molecule has 1 aromatic rings. The Morgan fingerprint density at radius 1 is 1.31 bits per heavy atom. The van der Waals surface area contributed by atoms with Crippen molar-refractivity contribution in [1.29, 1.82) is 0 Å². The van der Waals surface area contributed by atoms with Crippen LogP contribution in [-0.4, -0.2) is 20.1 Å². The number of nitrogens with zero attached hydrogens (tertiary/aromatic N) is 2. The predicted molar refractivity (Wildman–Crippen MR) is 49.5 cm³/mol. The zero-order valence-electron chi connectivity index (χ0n) is 7.49. The van der Waals surface area contributed by atoms with Crippen molar-refractivity contribution in [3.05, 3.63) is 35.6 Å². The Morgan fingerprint density at radius 2 is 1.85 bits per heavy atom. The largest absolute Gasteiger partial charge is 1.00 e. The van der Waals surface area contributed by atoms with Crippen LogP contribution >= 0.6 is 0 Å². The first-order valence-corrected chi connectivity index (χ1v) is 3.68. The average Bonchev–Trinajstić information content (AvgIpc) is 2.17. The van der Waals surface area contributed by atoms with Gasteiger partial charge >= 0.3 is 22.4 Å². The molecule has 0 aliphatic rings. The van der Waals surface area contributed by atoms with Crippen LogP contribution in [0.5, 0.6) is 0 Å². The number of amides is 2. The van der Waals surface area contributed by atoms with E-state index in [9.17, 15) is 4.79 Å². The van der Waals surface area contributed by atoms with E-state index < -0.39 is 0 Å². The fourth-order valence-electron chi connectivity index (χ4n) is 0.912. The summed E-state index contributed by atoms with van der Waals surface area (Å²) < 4.78 is 0. The first-order valence-electron chi connectivity index (χ1n) is 3.68. The molecule has 0 spiro atoms. The Hall–Kier alpha value is -0.770. The Labute approximate surface area is 93.6 Å². The number of benzene rings is 1. The van der Waals surface area contributed by atoms with E-state index in [0.717, 1.165) is 5.69 Å². The molecule has 0 saturated heterocycles. The van der Waals surface area contributed by atoms with Crippen molar-refractivity contribution in [2.24, 2.45) is 0 Å². The first kappa shape index (κ1) is 12.2. The molecule has 2 amide bonds. The third-order valence-corrected chi connectivity index (χ3v) is 1.62. The minimum Gasteiger partial charge on any atom is -0.434 e. The maximum atomic E-state index is 11.1. The quantitative estimate of drug-likeness (QED) is 0.708. The van der Waals surface area contributed by atoms with E-state index in [4.69, 9.17) is 0 Å². The summed E-state index contributed by atoms with van der Waals surface area (Å²) in [6.07, 6.45) is 0. The van der Waals surface area contributed by atoms with Crippen LogP contribution in [0.4, 0.5) is 10.5 Å². The van der Waals surface area contributed by atoms with Gasteiger partial charge in [0.15, 0.2) is 6.03 Å². The van der Waals surface area contributed by atoms with Crippen molar-refractivity contribution < 1.29 is 27.2 Å². The Kier molecular flexibility index (Phi) is 5.46. The monoisotopic (exact) mass is 360 g/mol. The van der Waals surface area contributed by atoms with E-state index in [1.54, 1.807) is 7.05 Å². The van der Waals surface area contributed by atoms with Crippen LogP contribution in [0.25, 0.3) is 5.32 Å². The summed E-state index contributed by atoms with van der Waals surface area (Å²) in [5.41, 5.74) is 0.855. The predicted octanol–water partition coefficient (Wildman–Crippen LogP) is 2.24. The molecule has 3 nitrogen and oxygen atoms in total. The van der Waals surface area contributed by atoms with E-state index in [1.807, 2.05) is 30.3 Å². The maximum absolute atomic E-state index is 11.1. The van der Waals surface area contributed by atoms with Crippen molar-refractivity contribution >= 4 is 11.7 Å². The number of hydrogen-bond donors (Lipinski definition) is 0. The second kappa shape index (κ2) is 5.80. The summed E-state index contributed by atoms with van der Waals surface area (Å²) in [7, 11) is 3.19. The van der Waals surface area contributed by atoms with Gasteiger partial charge in [0, 0.05) is 0 Å². The van der Waals surface area contributed by atoms with Gasteiger partial charge in [-0.15, -0.1) is 0 Å². The molecular weight excluding hydrogens is 349 g/mol. The fourth-order valence-corrected chi connectivity index (χ4v) is 0.912. The van der Waals surface area contributed by atoms with Crippen LogP contribution in [0.15, 0.2) is 30.3 Å². The van der Waals surface area contributed by atoms with Gasteiger partial charge in [-0.25, -0.2) is 0 Å². The zero-order chi connectivity index (χ0) is 8.97. The molecule has 0 radical (unpaired) electrons. The molecule has 1 rings (SSSR count). The molecule has 0 N–H and O–H groups in total. The number of urea groups is 1. The standard InChI is InChI=1S/C9H12N2O.Au/c1-10-9(12)11(2)8-6-4-3-5-7-8;/h3-7H,1-2H3,(H,10,12);/q;+1/p-1. The second-order valence-electron chi connectivity index (χ2n) is 2.40. The van der Waals surface area contributed by atoms with E-state index >= 15 is 0 Å². The van der Waals surface area contributed by atoms with Crippen molar-refractivity contribution in [2.75, 3.05) is 19.0 Å². The van der Waals surface area contributed by atoms with Gasteiger partial charge in [-0.3, -0.25) is 4.79 Å². The SMILES string of the molecule is C[N-]C(=O)N(C)c1ccccc1.[Au+]. The maximum Gasteiger partial charge on any atom is 1.00 e. The molecule has 4 heteroatoms. The van der Waals surface area contributed by atoms with Gasteiger partial charge in [-0.1, -0.05) is 44.4 Å². The molecule has 0 fully saturated rings. The first-order chi connectivity index (χ1) is 5.75. The normalized spacial score (nSPS) is 8.46. The molecule has 0 heterocycles. The molecule has 0 aliphatic heterocycles. The topological polar surface area (TPSA) is 34.4 Å². The number of carbonyl (C=O) groups excluding carboxylic acids is 1. The number of hydrogen-bond acceptors (Lipinski definition) is 1. The summed E-state index contributed by atoms with van der Waals surface area (Å²) in [5, 5.41) is 3.55. The molecule has 0 bridgehead atoms. The number of carbonyl (C=O) groups is 1. The van der Waals surface area contributed by atoms with Gasteiger partial charge in [-0.05, 0) is 5.69 Å². The summed E-state index contributed by atoms with van der Waals surface area (Å²) in [5.74, 6) is 0. The van der Waals surface area contributed by atoms with E-state index in [-0.39, 0.29) is 28.4 Å². The molecule has 1 aromatic carbocycles. The van der Waals surface area contributed by atoms with E-state index in [1.165, 1.54) is 11.9 Å². The van der Waals surface area contributed by atoms with Gasteiger partial charge in [-0.2, -0.15) is 0 Å². The molecule has 0 saturated carbocycles. The van der Waals surface area contributed by atoms with Gasteiger partial charge in [0.2, 0.25) is 0 Å². The Balaban J connectivity index is 0.00000144. The fraction of sp³-hybridized carbons (Fsp3) is 0.222. The molecule has 0 aliphatic carbocycles. The summed E-state index contributed by atoms with van der Waals surface area (Å²) in [6.45, 7) is 0. The number of rotatable bonds is 1. The summed E-state index contributed by atoms with van der Waals surface area (Å²) in [4.78, 5) is 12.6. The molecule has 74 valence electrons. The molecule has 0 atom stereocenters. The summed E-state index contributed by atoms with van der Waals surface area (Å²) >= 11 is 0.